The fraction of sp³-hybridized carbons (Fsp3) is 0.0423. The molecule has 13 rings (SSSR count). The van der Waals surface area contributed by atoms with Gasteiger partial charge in [-0.1, -0.05) is 232 Å². The molecule has 346 valence electrons. The molecule has 0 N–H and O–H groups in total. The van der Waals surface area contributed by atoms with Gasteiger partial charge >= 0.3 is 0 Å². The van der Waals surface area contributed by atoms with Gasteiger partial charge in [0.05, 0.1) is 11.4 Å². The highest BCUT2D eigenvalue weighted by Gasteiger charge is 2.35. The van der Waals surface area contributed by atoms with Crippen molar-refractivity contribution in [1.82, 2.24) is 0 Å². The highest BCUT2D eigenvalue weighted by atomic mass is 15.1. The minimum Gasteiger partial charge on any atom is -0.310 e. The van der Waals surface area contributed by atoms with Crippen molar-refractivity contribution in [3.05, 3.63) is 290 Å². The molecule has 2 heteroatoms. The van der Waals surface area contributed by atoms with Gasteiger partial charge in [0.25, 0.3) is 0 Å². The summed E-state index contributed by atoms with van der Waals surface area (Å²) in [5, 5.41) is 4.74. The van der Waals surface area contributed by atoms with Gasteiger partial charge in [-0.15, -0.1) is 0 Å². The summed E-state index contributed by atoms with van der Waals surface area (Å²) >= 11 is 0. The van der Waals surface area contributed by atoms with E-state index in [-0.39, 0.29) is 5.41 Å². The lowest BCUT2D eigenvalue weighted by Gasteiger charge is -2.29. The highest BCUT2D eigenvalue weighted by molar-refractivity contribution is 6.13. The molecule has 0 aromatic heterocycles. The third-order valence-electron chi connectivity index (χ3n) is 15.1. The van der Waals surface area contributed by atoms with E-state index in [1.165, 1.54) is 88.3 Å². The maximum absolute atomic E-state index is 2.46. The van der Waals surface area contributed by atoms with Crippen LogP contribution in [0.3, 0.4) is 0 Å². The van der Waals surface area contributed by atoms with E-state index in [1.807, 2.05) is 0 Å². The number of hydrogen-bond acceptors (Lipinski definition) is 2. The van der Waals surface area contributed by atoms with Crippen molar-refractivity contribution in [3.63, 3.8) is 0 Å². The Balaban J connectivity index is 0.955. The third-order valence-corrected chi connectivity index (χ3v) is 15.1. The molecular weight excluding hydrogens is 881 g/mol. The molecule has 73 heavy (non-hydrogen) atoms. The zero-order valence-corrected chi connectivity index (χ0v) is 41.0. The number of anilines is 6. The monoisotopic (exact) mass is 932 g/mol. The quantitative estimate of drug-likeness (QED) is 0.135. The molecule has 12 aromatic carbocycles. The van der Waals surface area contributed by atoms with Crippen molar-refractivity contribution in [1.29, 1.82) is 0 Å². The topological polar surface area (TPSA) is 6.48 Å². The molecule has 0 aliphatic heterocycles. The predicted molar refractivity (Wildman–Crippen MR) is 310 cm³/mol. The van der Waals surface area contributed by atoms with Crippen LogP contribution in [0.5, 0.6) is 0 Å². The summed E-state index contributed by atoms with van der Waals surface area (Å²) in [4.78, 5) is 4.87. The Morgan fingerprint density at radius 2 is 0.589 bits per heavy atom. The molecular formula is C71H52N2. The molecule has 0 radical (unpaired) electrons. The van der Waals surface area contributed by atoms with Crippen LogP contribution < -0.4 is 9.80 Å². The Labute approximate surface area is 428 Å². The fourth-order valence-electron chi connectivity index (χ4n) is 11.4. The number of fused-ring (bicyclic) bond motifs is 5. The van der Waals surface area contributed by atoms with Crippen molar-refractivity contribution in [2.75, 3.05) is 9.80 Å². The summed E-state index contributed by atoms with van der Waals surface area (Å²) in [6.07, 6.45) is 0. The van der Waals surface area contributed by atoms with Gasteiger partial charge < -0.3 is 9.80 Å². The van der Waals surface area contributed by atoms with Gasteiger partial charge in [-0.3, -0.25) is 0 Å². The normalized spacial score (nSPS) is 12.4. The fourth-order valence-corrected chi connectivity index (χ4v) is 11.4. The Bertz CT molecular complexity index is 3870. The molecule has 1 aliphatic carbocycles. The van der Waals surface area contributed by atoms with Crippen LogP contribution in [0.1, 0.15) is 25.0 Å². The second kappa shape index (κ2) is 18.2. The Hall–Kier alpha value is -9.24. The van der Waals surface area contributed by atoms with E-state index in [1.54, 1.807) is 0 Å². The molecule has 0 atom stereocenters. The molecule has 0 bridgehead atoms. The molecule has 0 saturated heterocycles. The average molecular weight is 933 g/mol. The number of nitrogens with zero attached hydrogens (tertiary/aromatic N) is 2. The number of rotatable bonds is 10. The van der Waals surface area contributed by atoms with E-state index in [4.69, 9.17) is 0 Å². The van der Waals surface area contributed by atoms with Crippen LogP contribution in [-0.2, 0) is 5.41 Å². The lowest BCUT2D eigenvalue weighted by molar-refractivity contribution is 0.660. The van der Waals surface area contributed by atoms with Crippen LogP contribution in [0.15, 0.2) is 279 Å². The van der Waals surface area contributed by atoms with Gasteiger partial charge in [0.2, 0.25) is 0 Å². The maximum Gasteiger partial charge on any atom is 0.0540 e. The summed E-state index contributed by atoms with van der Waals surface area (Å²) in [7, 11) is 0. The molecule has 0 heterocycles. The minimum absolute atomic E-state index is 0.0870. The summed E-state index contributed by atoms with van der Waals surface area (Å²) < 4.78 is 0. The van der Waals surface area contributed by atoms with E-state index in [0.717, 1.165) is 34.1 Å². The summed E-state index contributed by atoms with van der Waals surface area (Å²) in [5.74, 6) is 0. The summed E-state index contributed by atoms with van der Waals surface area (Å²) in [6.45, 7) is 4.70. The first-order valence-corrected chi connectivity index (χ1v) is 25.3. The second-order valence-corrected chi connectivity index (χ2v) is 19.7. The van der Waals surface area contributed by atoms with Crippen molar-refractivity contribution >= 4 is 55.7 Å². The van der Waals surface area contributed by atoms with Gasteiger partial charge in [0, 0.05) is 38.9 Å². The van der Waals surface area contributed by atoms with E-state index in [0.29, 0.717) is 0 Å². The van der Waals surface area contributed by atoms with Crippen LogP contribution in [0.25, 0.3) is 77.2 Å². The summed E-state index contributed by atoms with van der Waals surface area (Å²) in [6, 6.07) is 102. The first-order valence-electron chi connectivity index (χ1n) is 25.3. The van der Waals surface area contributed by atoms with Crippen LogP contribution in [-0.4, -0.2) is 0 Å². The van der Waals surface area contributed by atoms with Crippen LogP contribution in [0.2, 0.25) is 0 Å². The average Bonchev–Trinajstić information content (AvgIpc) is 3.69. The Kier molecular flexibility index (Phi) is 10.9. The Morgan fingerprint density at radius 3 is 1.14 bits per heavy atom. The van der Waals surface area contributed by atoms with Crippen molar-refractivity contribution in [3.8, 4) is 55.6 Å². The standard InChI is InChI=1S/C71H52N2/c1-71(2)67-30-15-14-25-63(67)66-48-58(44-46-68(66)71)73(57-42-36-54(37-43-57)51-22-10-5-11-23-51)69-31-17-28-61-59(27-16-29-65(61)69)62-45-47-70(64-26-13-12-24-60(62)64)72(55-38-32-52(33-39-55)49-18-6-3-7-19-49)56-40-34-53(35-41-56)50-20-8-4-9-21-50/h3-48H,1-2H3. The molecule has 12 aromatic rings. The largest absolute Gasteiger partial charge is 0.310 e. The van der Waals surface area contributed by atoms with Crippen LogP contribution >= 0.6 is 0 Å². The van der Waals surface area contributed by atoms with E-state index in [9.17, 15) is 0 Å². The van der Waals surface area contributed by atoms with E-state index < -0.39 is 0 Å². The maximum atomic E-state index is 2.46. The van der Waals surface area contributed by atoms with Crippen LogP contribution in [0.4, 0.5) is 34.1 Å². The Morgan fingerprint density at radius 1 is 0.233 bits per heavy atom. The minimum atomic E-state index is -0.0870. The van der Waals surface area contributed by atoms with E-state index >= 15 is 0 Å². The van der Waals surface area contributed by atoms with Crippen molar-refractivity contribution < 1.29 is 0 Å². The third kappa shape index (κ3) is 7.76. The van der Waals surface area contributed by atoms with Crippen molar-refractivity contribution in [2.45, 2.75) is 19.3 Å². The molecule has 0 amide bonds. The SMILES string of the molecule is CC1(C)c2ccccc2-c2cc(N(c3ccc(-c4ccccc4)cc3)c3cccc4c(-c5ccc(N(c6ccc(-c7ccccc7)cc6)c6ccc(-c7ccccc7)cc6)c6ccccc56)cccc34)ccc21. The molecule has 0 fully saturated rings. The lowest BCUT2D eigenvalue weighted by atomic mass is 9.82. The lowest BCUT2D eigenvalue weighted by Crippen LogP contribution is -2.15. The van der Waals surface area contributed by atoms with Gasteiger partial charge in [0.1, 0.15) is 0 Å². The first-order chi connectivity index (χ1) is 36.0. The van der Waals surface area contributed by atoms with E-state index in [2.05, 4.69) is 303 Å². The zero-order chi connectivity index (χ0) is 48.9. The molecule has 2 nitrogen and oxygen atoms in total. The molecule has 0 spiro atoms. The second-order valence-electron chi connectivity index (χ2n) is 19.7. The zero-order valence-electron chi connectivity index (χ0n) is 41.0. The van der Waals surface area contributed by atoms with Gasteiger partial charge in [-0.2, -0.15) is 0 Å². The smallest absolute Gasteiger partial charge is 0.0540 e. The molecule has 1 aliphatic rings. The number of benzene rings is 12. The van der Waals surface area contributed by atoms with Gasteiger partial charge in [0.15, 0.2) is 0 Å². The van der Waals surface area contributed by atoms with Crippen LogP contribution in [0, 0.1) is 0 Å². The highest BCUT2D eigenvalue weighted by Crippen LogP contribution is 2.52. The van der Waals surface area contributed by atoms with Gasteiger partial charge in [-0.05, 0) is 138 Å². The summed E-state index contributed by atoms with van der Waals surface area (Å²) in [5.41, 5.74) is 21.5. The van der Waals surface area contributed by atoms with Crippen molar-refractivity contribution in [2.24, 2.45) is 0 Å². The molecule has 0 unspecified atom stereocenters. The predicted octanol–water partition coefficient (Wildman–Crippen LogP) is 19.9. The van der Waals surface area contributed by atoms with Gasteiger partial charge in [-0.25, -0.2) is 0 Å². The molecule has 0 saturated carbocycles. The first kappa shape index (κ1) is 43.8. The number of hydrogen-bond donors (Lipinski definition) is 0.